The van der Waals surface area contributed by atoms with E-state index in [0.717, 1.165) is 23.3 Å². The molecule has 6 nitrogen and oxygen atoms in total. The van der Waals surface area contributed by atoms with Gasteiger partial charge >= 0.3 is 6.18 Å². The van der Waals surface area contributed by atoms with Crippen LogP contribution in [0.15, 0.2) is 54.6 Å². The molecular weight excluding hydrogens is 433 g/mol. The van der Waals surface area contributed by atoms with Gasteiger partial charge in [-0.05, 0) is 23.3 Å². The van der Waals surface area contributed by atoms with E-state index in [1.54, 1.807) is 4.90 Å². The summed E-state index contributed by atoms with van der Waals surface area (Å²) < 4.78 is 38.2. The van der Waals surface area contributed by atoms with Crippen molar-refractivity contribution in [2.45, 2.75) is 25.7 Å². The molecule has 1 heterocycles. The van der Waals surface area contributed by atoms with Crippen molar-refractivity contribution < 1.29 is 22.8 Å². The Hall–Kier alpha value is -2.91. The number of primary amides is 1. The SMILES string of the molecule is NC(=O)CCN(Cc1ccccc1)C(=O)CN1CCN(Cc2ccc(C(F)(F)F)cc2)CC1. The summed E-state index contributed by atoms with van der Waals surface area (Å²) in [4.78, 5) is 30.1. The minimum absolute atomic E-state index is 0.0590. The lowest BCUT2D eigenvalue weighted by Gasteiger charge is -2.35. The fourth-order valence-corrected chi connectivity index (χ4v) is 3.80. The van der Waals surface area contributed by atoms with Crippen molar-refractivity contribution in [1.29, 1.82) is 0 Å². The molecule has 3 rings (SSSR count). The molecule has 0 spiro atoms. The number of alkyl halides is 3. The van der Waals surface area contributed by atoms with Crippen molar-refractivity contribution in [2.24, 2.45) is 5.73 Å². The summed E-state index contributed by atoms with van der Waals surface area (Å²) >= 11 is 0. The lowest BCUT2D eigenvalue weighted by atomic mass is 10.1. The van der Waals surface area contributed by atoms with Crippen molar-refractivity contribution in [2.75, 3.05) is 39.3 Å². The Balaban J connectivity index is 1.49. The van der Waals surface area contributed by atoms with Gasteiger partial charge in [-0.25, -0.2) is 0 Å². The van der Waals surface area contributed by atoms with Crippen molar-refractivity contribution in [3.05, 3.63) is 71.3 Å². The number of carbonyl (C=O) groups excluding carboxylic acids is 2. The molecule has 0 unspecified atom stereocenters. The van der Waals surface area contributed by atoms with Gasteiger partial charge in [-0.1, -0.05) is 42.5 Å². The molecule has 2 N–H and O–H groups in total. The molecule has 0 atom stereocenters. The Labute approximate surface area is 191 Å². The van der Waals surface area contributed by atoms with Crippen LogP contribution in [-0.4, -0.2) is 65.8 Å². The average Bonchev–Trinajstić information content (AvgIpc) is 2.78. The third kappa shape index (κ3) is 7.87. The molecule has 1 saturated heterocycles. The summed E-state index contributed by atoms with van der Waals surface area (Å²) in [6.45, 7) is 4.31. The molecule has 33 heavy (non-hydrogen) atoms. The van der Waals surface area contributed by atoms with E-state index in [9.17, 15) is 22.8 Å². The summed E-state index contributed by atoms with van der Waals surface area (Å²) in [5, 5.41) is 0. The highest BCUT2D eigenvalue weighted by Gasteiger charge is 2.30. The molecule has 1 aliphatic rings. The van der Waals surface area contributed by atoms with E-state index in [-0.39, 0.29) is 25.4 Å². The molecule has 0 saturated carbocycles. The highest BCUT2D eigenvalue weighted by Crippen LogP contribution is 2.29. The largest absolute Gasteiger partial charge is 0.416 e. The molecule has 0 aliphatic carbocycles. The van der Waals surface area contributed by atoms with Gasteiger partial charge in [-0.3, -0.25) is 19.4 Å². The predicted octanol–water partition coefficient (Wildman–Crippen LogP) is 2.73. The number of piperazine rings is 1. The average molecular weight is 463 g/mol. The first-order valence-corrected chi connectivity index (χ1v) is 10.9. The van der Waals surface area contributed by atoms with Crippen molar-refractivity contribution in [3.8, 4) is 0 Å². The second kappa shape index (κ2) is 11.3. The fourth-order valence-electron chi connectivity index (χ4n) is 3.80. The second-order valence-electron chi connectivity index (χ2n) is 8.26. The Morgan fingerprint density at radius 1 is 0.879 bits per heavy atom. The van der Waals surface area contributed by atoms with Crippen LogP contribution in [0.5, 0.6) is 0 Å². The summed E-state index contributed by atoms with van der Waals surface area (Å²) in [5.74, 6) is -0.506. The number of halogens is 3. The first-order valence-electron chi connectivity index (χ1n) is 10.9. The van der Waals surface area contributed by atoms with Gasteiger partial charge in [0.25, 0.3) is 0 Å². The molecule has 0 aromatic heterocycles. The summed E-state index contributed by atoms with van der Waals surface area (Å²) in [6.07, 6.45) is -4.22. The normalized spacial score (nSPS) is 15.4. The van der Waals surface area contributed by atoms with Crippen LogP contribution in [0, 0.1) is 0 Å². The number of hydrogen-bond donors (Lipinski definition) is 1. The van der Waals surface area contributed by atoms with E-state index in [2.05, 4.69) is 9.80 Å². The van der Waals surface area contributed by atoms with Crippen molar-refractivity contribution in [1.82, 2.24) is 14.7 Å². The van der Waals surface area contributed by atoms with Crippen LogP contribution >= 0.6 is 0 Å². The van der Waals surface area contributed by atoms with Crippen LogP contribution in [0.2, 0.25) is 0 Å². The zero-order chi connectivity index (χ0) is 23.8. The van der Waals surface area contributed by atoms with Crippen LogP contribution < -0.4 is 5.73 Å². The van der Waals surface area contributed by atoms with E-state index in [0.29, 0.717) is 39.3 Å². The lowest BCUT2D eigenvalue weighted by molar-refractivity contribution is -0.137. The quantitative estimate of drug-likeness (QED) is 0.622. The Bertz CT molecular complexity index is 912. The van der Waals surface area contributed by atoms with Gasteiger partial charge in [0.05, 0.1) is 12.1 Å². The molecule has 178 valence electrons. The number of amides is 2. The third-order valence-electron chi connectivity index (χ3n) is 5.71. The predicted molar refractivity (Wildman–Crippen MR) is 119 cm³/mol. The summed E-state index contributed by atoms with van der Waals surface area (Å²) in [6, 6.07) is 14.8. The van der Waals surface area contributed by atoms with E-state index in [4.69, 9.17) is 5.73 Å². The Morgan fingerprint density at radius 3 is 2.06 bits per heavy atom. The molecule has 1 aliphatic heterocycles. The van der Waals surface area contributed by atoms with Gasteiger partial charge in [0.1, 0.15) is 0 Å². The first kappa shape index (κ1) is 24.7. The monoisotopic (exact) mass is 462 g/mol. The standard InChI is InChI=1S/C24H29F3N4O2/c25-24(26,27)21-8-6-20(7-9-21)16-29-12-14-30(15-13-29)18-23(33)31(11-10-22(28)32)17-19-4-2-1-3-5-19/h1-9H,10-18H2,(H2,28,32). The zero-order valence-electron chi connectivity index (χ0n) is 18.4. The highest BCUT2D eigenvalue weighted by molar-refractivity contribution is 5.79. The fraction of sp³-hybridized carbons (Fsp3) is 0.417. The maximum absolute atomic E-state index is 12.9. The molecule has 2 amide bonds. The number of rotatable bonds is 9. The van der Waals surface area contributed by atoms with Gasteiger partial charge in [0, 0.05) is 52.2 Å². The Morgan fingerprint density at radius 2 is 1.48 bits per heavy atom. The summed E-state index contributed by atoms with van der Waals surface area (Å²) in [5.41, 5.74) is 6.44. The molecule has 2 aromatic rings. The van der Waals surface area contributed by atoms with E-state index < -0.39 is 17.6 Å². The topological polar surface area (TPSA) is 69.9 Å². The lowest BCUT2D eigenvalue weighted by Crippen LogP contribution is -2.49. The smallest absolute Gasteiger partial charge is 0.370 e. The first-order chi connectivity index (χ1) is 15.7. The van der Waals surface area contributed by atoms with Gasteiger partial charge in [-0.15, -0.1) is 0 Å². The highest BCUT2D eigenvalue weighted by atomic mass is 19.4. The molecule has 9 heteroatoms. The third-order valence-corrected chi connectivity index (χ3v) is 5.71. The van der Waals surface area contributed by atoms with Gasteiger partial charge in [0.15, 0.2) is 0 Å². The maximum atomic E-state index is 12.9. The number of nitrogens with zero attached hydrogens (tertiary/aromatic N) is 3. The molecule has 0 bridgehead atoms. The van der Waals surface area contributed by atoms with Gasteiger partial charge in [-0.2, -0.15) is 13.2 Å². The van der Waals surface area contributed by atoms with Crippen molar-refractivity contribution in [3.63, 3.8) is 0 Å². The van der Waals surface area contributed by atoms with E-state index in [1.165, 1.54) is 12.1 Å². The van der Waals surface area contributed by atoms with Gasteiger partial charge < -0.3 is 10.6 Å². The van der Waals surface area contributed by atoms with E-state index >= 15 is 0 Å². The van der Waals surface area contributed by atoms with Crippen molar-refractivity contribution >= 4 is 11.8 Å². The number of hydrogen-bond acceptors (Lipinski definition) is 4. The maximum Gasteiger partial charge on any atom is 0.416 e. The minimum Gasteiger partial charge on any atom is -0.370 e. The van der Waals surface area contributed by atoms with Crippen LogP contribution in [0.25, 0.3) is 0 Å². The zero-order valence-corrected chi connectivity index (χ0v) is 18.4. The molecular formula is C24H29F3N4O2. The van der Waals surface area contributed by atoms with Gasteiger partial charge in [0.2, 0.25) is 11.8 Å². The minimum atomic E-state index is -4.33. The molecule has 0 radical (unpaired) electrons. The molecule has 2 aromatic carbocycles. The van der Waals surface area contributed by atoms with E-state index in [1.807, 2.05) is 30.3 Å². The number of benzene rings is 2. The second-order valence-corrected chi connectivity index (χ2v) is 8.26. The summed E-state index contributed by atoms with van der Waals surface area (Å²) in [7, 11) is 0. The van der Waals surface area contributed by atoms with Crippen LogP contribution in [0.1, 0.15) is 23.1 Å². The number of carbonyl (C=O) groups is 2. The van der Waals surface area contributed by atoms with Crippen LogP contribution in [0.3, 0.4) is 0 Å². The Kier molecular flexibility index (Phi) is 8.46. The van der Waals surface area contributed by atoms with Crippen LogP contribution in [0.4, 0.5) is 13.2 Å². The number of nitrogens with two attached hydrogens (primary N) is 1. The van der Waals surface area contributed by atoms with Crippen LogP contribution in [-0.2, 0) is 28.9 Å². The molecule has 1 fully saturated rings.